The summed E-state index contributed by atoms with van der Waals surface area (Å²) in [7, 11) is 3.17. The van der Waals surface area contributed by atoms with Gasteiger partial charge in [0.25, 0.3) is 0 Å². The Morgan fingerprint density at radius 2 is 1.90 bits per heavy atom. The van der Waals surface area contributed by atoms with Gasteiger partial charge in [0.2, 0.25) is 5.91 Å². The number of amides is 1. The topological polar surface area (TPSA) is 60.0 Å². The lowest BCUT2D eigenvalue weighted by molar-refractivity contribution is -0.274. The summed E-state index contributed by atoms with van der Waals surface area (Å²) in [5.41, 5.74) is 1.22. The molecule has 0 aliphatic carbocycles. The van der Waals surface area contributed by atoms with Crippen molar-refractivity contribution in [3.8, 4) is 17.2 Å². The molecule has 0 radical (unpaired) electrons. The van der Waals surface area contributed by atoms with Crippen molar-refractivity contribution in [2.24, 2.45) is 0 Å². The number of methoxy groups -OCH3 is 2. The lowest BCUT2D eigenvalue weighted by atomic mass is 10.0. The molecule has 1 unspecified atom stereocenters. The maximum Gasteiger partial charge on any atom is 0.573 e. The highest BCUT2D eigenvalue weighted by Gasteiger charge is 2.32. The van der Waals surface area contributed by atoms with E-state index in [1.165, 1.54) is 18.2 Å². The number of carbonyl (C=O) groups is 1. The van der Waals surface area contributed by atoms with Gasteiger partial charge in [-0.3, -0.25) is 9.69 Å². The third kappa shape index (κ3) is 6.04. The Morgan fingerprint density at radius 1 is 1.13 bits per heavy atom. The number of rotatable bonds is 8. The predicted octanol–water partition coefficient (Wildman–Crippen LogP) is 4.06. The lowest BCUT2D eigenvalue weighted by Gasteiger charge is -2.26. The minimum atomic E-state index is -4.79. The third-order valence-electron chi connectivity index (χ3n) is 5.18. The number of carbonyl (C=O) groups excluding carboxylic acids is 1. The number of para-hydroxylation sites is 1. The minimum Gasteiger partial charge on any atom is -0.497 e. The molecule has 1 N–H and O–H groups in total. The van der Waals surface area contributed by atoms with E-state index < -0.39 is 6.36 Å². The van der Waals surface area contributed by atoms with Crippen molar-refractivity contribution in [2.75, 3.05) is 27.3 Å². The fourth-order valence-electron chi connectivity index (χ4n) is 3.77. The molecule has 1 aliphatic heterocycles. The van der Waals surface area contributed by atoms with Gasteiger partial charge in [0.05, 0.1) is 20.8 Å². The molecule has 0 saturated carbocycles. The molecule has 1 atom stereocenters. The van der Waals surface area contributed by atoms with Crippen molar-refractivity contribution < 1.29 is 32.2 Å². The molecule has 3 rings (SSSR count). The lowest BCUT2D eigenvalue weighted by Crippen LogP contribution is -2.36. The Kier molecular flexibility index (Phi) is 7.27. The van der Waals surface area contributed by atoms with Gasteiger partial charge >= 0.3 is 6.36 Å². The number of halogens is 3. The van der Waals surface area contributed by atoms with E-state index >= 15 is 0 Å². The molecule has 0 spiro atoms. The maximum atomic E-state index is 12.6. The van der Waals surface area contributed by atoms with E-state index in [2.05, 4.69) is 10.1 Å². The van der Waals surface area contributed by atoms with Crippen LogP contribution in [0.1, 0.15) is 30.0 Å². The van der Waals surface area contributed by atoms with Gasteiger partial charge < -0.3 is 19.5 Å². The molecular formula is C22H25F3N2O4. The molecule has 1 fully saturated rings. The van der Waals surface area contributed by atoms with E-state index in [0.717, 1.165) is 24.9 Å². The molecule has 0 aromatic heterocycles. The smallest absolute Gasteiger partial charge is 0.497 e. The summed E-state index contributed by atoms with van der Waals surface area (Å²) in [5, 5.41) is 2.69. The number of benzene rings is 2. The Morgan fingerprint density at radius 3 is 2.61 bits per heavy atom. The van der Waals surface area contributed by atoms with Crippen molar-refractivity contribution in [3.63, 3.8) is 0 Å². The number of nitrogens with one attached hydrogen (secondary N) is 1. The number of hydrogen-bond donors (Lipinski definition) is 1. The molecule has 31 heavy (non-hydrogen) atoms. The van der Waals surface area contributed by atoms with Crippen LogP contribution < -0.4 is 19.5 Å². The predicted molar refractivity (Wildman–Crippen MR) is 108 cm³/mol. The molecule has 2 aromatic carbocycles. The van der Waals surface area contributed by atoms with E-state index in [4.69, 9.17) is 9.47 Å². The van der Waals surface area contributed by atoms with Crippen LogP contribution >= 0.6 is 0 Å². The molecule has 1 amide bonds. The van der Waals surface area contributed by atoms with E-state index in [1.54, 1.807) is 20.3 Å². The van der Waals surface area contributed by atoms with Crippen LogP contribution in [0, 0.1) is 0 Å². The Bertz CT molecular complexity index is 905. The molecule has 2 aromatic rings. The second-order valence-corrected chi connectivity index (χ2v) is 7.17. The number of hydrogen-bond acceptors (Lipinski definition) is 5. The number of likely N-dealkylation sites (tertiary alicyclic amines) is 1. The molecule has 0 bridgehead atoms. The summed E-state index contributed by atoms with van der Waals surface area (Å²) in [5.74, 6) is 0.774. The standard InChI is InChI=1S/C22H25F3N2O4/c1-29-16-9-10-17(20(12-16)30-2)18-7-5-11-27(18)14-21(28)26-13-15-6-3-4-8-19(15)31-22(23,24)25/h3-4,6,8-10,12,18H,5,7,11,13-14H2,1-2H3,(H,26,28). The average molecular weight is 438 g/mol. The SMILES string of the molecule is COc1ccc(C2CCCN2CC(=O)NCc2ccccc2OC(F)(F)F)c(OC)c1. The van der Waals surface area contributed by atoms with Crippen LogP contribution in [0.5, 0.6) is 17.2 Å². The highest BCUT2D eigenvalue weighted by atomic mass is 19.4. The Hall–Kier alpha value is -2.94. The summed E-state index contributed by atoms with van der Waals surface area (Å²) in [6, 6.07) is 11.4. The van der Waals surface area contributed by atoms with Crippen molar-refractivity contribution in [1.82, 2.24) is 10.2 Å². The van der Waals surface area contributed by atoms with E-state index in [9.17, 15) is 18.0 Å². The van der Waals surface area contributed by atoms with E-state index in [-0.39, 0.29) is 36.4 Å². The maximum absolute atomic E-state index is 12.6. The van der Waals surface area contributed by atoms with E-state index in [0.29, 0.717) is 11.5 Å². The van der Waals surface area contributed by atoms with Crippen LogP contribution in [-0.4, -0.2) is 44.5 Å². The molecule has 9 heteroatoms. The van der Waals surface area contributed by atoms with Gasteiger partial charge in [-0.05, 0) is 31.5 Å². The number of ether oxygens (including phenoxy) is 3. The molecule has 6 nitrogen and oxygen atoms in total. The molecule has 1 saturated heterocycles. The quantitative estimate of drug-likeness (QED) is 0.674. The minimum absolute atomic E-state index is 0.00690. The molecule has 1 aliphatic rings. The van der Waals surface area contributed by atoms with Crippen LogP contribution in [0.2, 0.25) is 0 Å². The second-order valence-electron chi connectivity index (χ2n) is 7.17. The van der Waals surface area contributed by atoms with Crippen molar-refractivity contribution in [3.05, 3.63) is 53.6 Å². The summed E-state index contributed by atoms with van der Waals surface area (Å²) in [6.07, 6.45) is -2.99. The fourth-order valence-corrected chi connectivity index (χ4v) is 3.77. The summed E-state index contributed by atoms with van der Waals surface area (Å²) >= 11 is 0. The van der Waals surface area contributed by atoms with Gasteiger partial charge in [-0.1, -0.05) is 24.3 Å². The highest BCUT2D eigenvalue weighted by molar-refractivity contribution is 5.78. The van der Waals surface area contributed by atoms with Gasteiger partial charge in [0.15, 0.2) is 0 Å². The normalized spacial score (nSPS) is 16.7. The van der Waals surface area contributed by atoms with Crippen molar-refractivity contribution >= 4 is 5.91 Å². The first kappa shape index (κ1) is 22.7. The first-order valence-electron chi connectivity index (χ1n) is 9.87. The first-order chi connectivity index (χ1) is 14.8. The molecule has 168 valence electrons. The summed E-state index contributed by atoms with van der Waals surface area (Å²) in [4.78, 5) is 14.6. The number of alkyl halides is 3. The molecular weight excluding hydrogens is 413 g/mol. The van der Waals surface area contributed by atoms with Gasteiger partial charge in [0, 0.05) is 29.8 Å². The Labute approximate surface area is 178 Å². The fraction of sp³-hybridized carbons (Fsp3) is 0.409. The highest BCUT2D eigenvalue weighted by Crippen LogP contribution is 2.38. The van der Waals surface area contributed by atoms with Crippen LogP contribution in [0.3, 0.4) is 0 Å². The largest absolute Gasteiger partial charge is 0.573 e. The zero-order chi connectivity index (χ0) is 22.4. The third-order valence-corrected chi connectivity index (χ3v) is 5.18. The summed E-state index contributed by atoms with van der Waals surface area (Å²) in [6.45, 7) is 0.804. The zero-order valence-corrected chi connectivity index (χ0v) is 17.4. The average Bonchev–Trinajstić information content (AvgIpc) is 3.19. The monoisotopic (exact) mass is 438 g/mol. The zero-order valence-electron chi connectivity index (χ0n) is 17.4. The van der Waals surface area contributed by atoms with E-state index in [1.807, 2.05) is 23.1 Å². The van der Waals surface area contributed by atoms with Crippen LogP contribution in [-0.2, 0) is 11.3 Å². The van der Waals surface area contributed by atoms with Crippen molar-refractivity contribution in [1.29, 1.82) is 0 Å². The van der Waals surface area contributed by atoms with Gasteiger partial charge in [0.1, 0.15) is 17.2 Å². The summed E-state index contributed by atoms with van der Waals surface area (Å²) < 4.78 is 52.5. The Balaban J connectivity index is 1.64. The van der Waals surface area contributed by atoms with Gasteiger partial charge in [-0.15, -0.1) is 13.2 Å². The first-order valence-corrected chi connectivity index (χ1v) is 9.87. The van der Waals surface area contributed by atoms with Crippen LogP contribution in [0.15, 0.2) is 42.5 Å². The van der Waals surface area contributed by atoms with Gasteiger partial charge in [-0.2, -0.15) is 0 Å². The number of nitrogens with zero attached hydrogens (tertiary/aromatic N) is 1. The van der Waals surface area contributed by atoms with Crippen molar-refractivity contribution in [2.45, 2.75) is 31.8 Å². The van der Waals surface area contributed by atoms with Gasteiger partial charge in [-0.25, -0.2) is 0 Å². The molecule has 1 heterocycles. The van der Waals surface area contributed by atoms with Crippen LogP contribution in [0.25, 0.3) is 0 Å². The van der Waals surface area contributed by atoms with Crippen LogP contribution in [0.4, 0.5) is 13.2 Å². The second kappa shape index (κ2) is 9.91.